The van der Waals surface area contributed by atoms with Crippen molar-refractivity contribution in [1.82, 2.24) is 0 Å². The van der Waals surface area contributed by atoms with Crippen molar-refractivity contribution >= 4 is 6.29 Å². The molecule has 0 aromatic heterocycles. The van der Waals surface area contributed by atoms with Crippen LogP contribution in [-0.4, -0.2) is 13.4 Å². The molecule has 0 spiro atoms. The normalized spacial score (nSPS) is 10.2. The van der Waals surface area contributed by atoms with E-state index in [0.717, 1.165) is 17.4 Å². The Morgan fingerprint density at radius 3 is 2.39 bits per heavy atom. The molecule has 2 aromatic carbocycles. The average molecular weight is 244 g/mol. The highest BCUT2D eigenvalue weighted by molar-refractivity contribution is 5.83. The SMILES string of the molecule is COc1ccc(-c2ccc(F)c(C)c2)cc1C=O. The number of rotatable bonds is 3. The molecule has 0 atom stereocenters. The monoisotopic (exact) mass is 244 g/mol. The first kappa shape index (κ1) is 12.3. The topological polar surface area (TPSA) is 26.3 Å². The summed E-state index contributed by atoms with van der Waals surface area (Å²) in [6, 6.07) is 10.2. The molecule has 3 heteroatoms. The minimum Gasteiger partial charge on any atom is -0.496 e. The van der Waals surface area contributed by atoms with Gasteiger partial charge in [-0.2, -0.15) is 0 Å². The summed E-state index contributed by atoms with van der Waals surface area (Å²) in [7, 11) is 1.52. The van der Waals surface area contributed by atoms with E-state index in [1.807, 2.05) is 6.07 Å². The number of aldehydes is 1. The molecule has 2 aromatic rings. The van der Waals surface area contributed by atoms with Crippen molar-refractivity contribution in [2.75, 3.05) is 7.11 Å². The van der Waals surface area contributed by atoms with Crippen molar-refractivity contribution in [3.05, 3.63) is 53.3 Å². The maximum Gasteiger partial charge on any atom is 0.153 e. The molecule has 18 heavy (non-hydrogen) atoms. The number of carbonyl (C=O) groups excluding carboxylic acids is 1. The highest BCUT2D eigenvalue weighted by Crippen LogP contribution is 2.26. The Hall–Kier alpha value is -2.16. The van der Waals surface area contributed by atoms with Gasteiger partial charge in [0.1, 0.15) is 11.6 Å². The van der Waals surface area contributed by atoms with Crippen LogP contribution in [0.4, 0.5) is 4.39 Å². The molecule has 2 rings (SSSR count). The number of carbonyl (C=O) groups is 1. The minimum absolute atomic E-state index is 0.233. The Balaban J connectivity index is 2.50. The Bertz CT molecular complexity index is 591. The summed E-state index contributed by atoms with van der Waals surface area (Å²) in [5.41, 5.74) is 2.80. The predicted octanol–water partition coefficient (Wildman–Crippen LogP) is 3.62. The number of methoxy groups -OCH3 is 1. The lowest BCUT2D eigenvalue weighted by Gasteiger charge is -2.08. The smallest absolute Gasteiger partial charge is 0.153 e. The van der Waals surface area contributed by atoms with E-state index in [4.69, 9.17) is 4.74 Å². The summed E-state index contributed by atoms with van der Waals surface area (Å²) in [4.78, 5) is 11.0. The van der Waals surface area contributed by atoms with Gasteiger partial charge < -0.3 is 4.74 Å². The van der Waals surface area contributed by atoms with E-state index in [0.29, 0.717) is 16.9 Å². The largest absolute Gasteiger partial charge is 0.496 e. The third kappa shape index (κ3) is 2.25. The van der Waals surface area contributed by atoms with Gasteiger partial charge in [0.15, 0.2) is 6.29 Å². The summed E-state index contributed by atoms with van der Waals surface area (Å²) < 4.78 is 18.3. The van der Waals surface area contributed by atoms with Crippen molar-refractivity contribution in [3.8, 4) is 16.9 Å². The second kappa shape index (κ2) is 5.00. The molecule has 0 aliphatic rings. The summed E-state index contributed by atoms with van der Waals surface area (Å²) in [6.07, 6.45) is 0.749. The van der Waals surface area contributed by atoms with Gasteiger partial charge in [0.25, 0.3) is 0 Å². The third-order valence-corrected chi connectivity index (χ3v) is 2.85. The van der Waals surface area contributed by atoms with Crippen LogP contribution in [0.15, 0.2) is 36.4 Å². The highest BCUT2D eigenvalue weighted by Gasteiger charge is 2.06. The zero-order valence-corrected chi connectivity index (χ0v) is 10.2. The van der Waals surface area contributed by atoms with E-state index in [1.54, 1.807) is 31.2 Å². The maximum atomic E-state index is 13.2. The summed E-state index contributed by atoms with van der Waals surface area (Å²) >= 11 is 0. The molecule has 0 aliphatic carbocycles. The standard InChI is InChI=1S/C15H13FO2/c1-10-7-11(3-5-14(10)16)12-4-6-15(18-2)13(8-12)9-17/h3-9H,1-2H3. The molecule has 0 heterocycles. The molecule has 2 nitrogen and oxygen atoms in total. The second-order valence-corrected chi connectivity index (χ2v) is 4.04. The average Bonchev–Trinajstić information content (AvgIpc) is 2.41. The van der Waals surface area contributed by atoms with E-state index >= 15 is 0 Å². The Morgan fingerprint density at radius 2 is 1.78 bits per heavy atom. The number of hydrogen-bond acceptors (Lipinski definition) is 2. The number of benzene rings is 2. The van der Waals surface area contributed by atoms with Crippen molar-refractivity contribution < 1.29 is 13.9 Å². The highest BCUT2D eigenvalue weighted by atomic mass is 19.1. The van der Waals surface area contributed by atoms with Crippen LogP contribution in [0.1, 0.15) is 15.9 Å². The molecule has 0 aliphatic heterocycles. The third-order valence-electron chi connectivity index (χ3n) is 2.85. The lowest BCUT2D eigenvalue weighted by atomic mass is 10.0. The minimum atomic E-state index is -0.233. The van der Waals surface area contributed by atoms with Gasteiger partial charge in [0.05, 0.1) is 12.7 Å². The van der Waals surface area contributed by atoms with Crippen LogP contribution in [0.2, 0.25) is 0 Å². The van der Waals surface area contributed by atoms with Gasteiger partial charge in [-0.15, -0.1) is 0 Å². The fourth-order valence-corrected chi connectivity index (χ4v) is 1.83. The van der Waals surface area contributed by atoms with Crippen LogP contribution in [-0.2, 0) is 0 Å². The summed E-state index contributed by atoms with van der Waals surface area (Å²) in [6.45, 7) is 1.71. The van der Waals surface area contributed by atoms with Crippen LogP contribution in [0.5, 0.6) is 5.75 Å². The number of aryl methyl sites for hydroxylation is 1. The first-order chi connectivity index (χ1) is 8.65. The van der Waals surface area contributed by atoms with Gasteiger partial charge in [-0.05, 0) is 47.9 Å². The van der Waals surface area contributed by atoms with E-state index in [9.17, 15) is 9.18 Å². The van der Waals surface area contributed by atoms with E-state index in [1.165, 1.54) is 13.2 Å². The van der Waals surface area contributed by atoms with Gasteiger partial charge in [-0.3, -0.25) is 4.79 Å². The molecule has 0 unspecified atom stereocenters. The number of hydrogen-bond donors (Lipinski definition) is 0. The van der Waals surface area contributed by atoms with Gasteiger partial charge in [0, 0.05) is 0 Å². The van der Waals surface area contributed by atoms with Crippen LogP contribution >= 0.6 is 0 Å². The van der Waals surface area contributed by atoms with E-state index in [2.05, 4.69) is 0 Å². The van der Waals surface area contributed by atoms with Crippen molar-refractivity contribution in [2.24, 2.45) is 0 Å². The predicted molar refractivity (Wildman–Crippen MR) is 68.5 cm³/mol. The van der Waals surface area contributed by atoms with Gasteiger partial charge in [0.2, 0.25) is 0 Å². The molecule has 0 fully saturated rings. The molecule has 0 bridgehead atoms. The Labute approximate surface area is 105 Å². The first-order valence-electron chi connectivity index (χ1n) is 5.55. The molecule has 92 valence electrons. The van der Waals surface area contributed by atoms with Crippen LogP contribution in [0.3, 0.4) is 0 Å². The second-order valence-electron chi connectivity index (χ2n) is 4.04. The molecule has 0 N–H and O–H groups in total. The van der Waals surface area contributed by atoms with Gasteiger partial charge in [-0.1, -0.05) is 12.1 Å². The zero-order valence-electron chi connectivity index (χ0n) is 10.2. The fraction of sp³-hybridized carbons (Fsp3) is 0.133. The molecular weight excluding hydrogens is 231 g/mol. The van der Waals surface area contributed by atoms with Crippen molar-refractivity contribution in [2.45, 2.75) is 6.92 Å². The molecule has 0 saturated carbocycles. The van der Waals surface area contributed by atoms with E-state index < -0.39 is 0 Å². The molecule has 0 radical (unpaired) electrons. The summed E-state index contributed by atoms with van der Waals surface area (Å²) in [5, 5.41) is 0. The Morgan fingerprint density at radius 1 is 1.11 bits per heavy atom. The quantitative estimate of drug-likeness (QED) is 0.771. The molecular formula is C15H13FO2. The van der Waals surface area contributed by atoms with E-state index in [-0.39, 0.29) is 5.82 Å². The first-order valence-corrected chi connectivity index (χ1v) is 5.55. The zero-order chi connectivity index (χ0) is 13.1. The lowest BCUT2D eigenvalue weighted by molar-refractivity contribution is 0.112. The maximum absolute atomic E-state index is 13.2. The molecule has 0 amide bonds. The van der Waals surface area contributed by atoms with Crippen LogP contribution in [0.25, 0.3) is 11.1 Å². The lowest BCUT2D eigenvalue weighted by Crippen LogP contribution is -1.91. The van der Waals surface area contributed by atoms with Crippen LogP contribution in [0, 0.1) is 12.7 Å². The fourth-order valence-electron chi connectivity index (χ4n) is 1.83. The van der Waals surface area contributed by atoms with Crippen LogP contribution < -0.4 is 4.74 Å². The molecule has 0 saturated heterocycles. The Kier molecular flexibility index (Phi) is 3.42. The van der Waals surface area contributed by atoms with Crippen molar-refractivity contribution in [3.63, 3.8) is 0 Å². The van der Waals surface area contributed by atoms with Gasteiger partial charge in [-0.25, -0.2) is 4.39 Å². The number of ether oxygens (including phenoxy) is 1. The van der Waals surface area contributed by atoms with Crippen molar-refractivity contribution in [1.29, 1.82) is 0 Å². The van der Waals surface area contributed by atoms with Gasteiger partial charge >= 0.3 is 0 Å². The summed E-state index contributed by atoms with van der Waals surface area (Å²) in [5.74, 6) is 0.301. The number of halogens is 1.